The summed E-state index contributed by atoms with van der Waals surface area (Å²) in [5.41, 5.74) is 0. The lowest BCUT2D eigenvalue weighted by Gasteiger charge is -2.21. The molecule has 0 aromatic rings. The highest BCUT2D eigenvalue weighted by Crippen LogP contribution is 2.45. The molecule has 0 aliphatic carbocycles. The van der Waals surface area contributed by atoms with Crippen LogP contribution in [-0.2, 0) is 55.8 Å². The molecule has 0 rings (SSSR count). The Labute approximate surface area is 676 Å². The van der Waals surface area contributed by atoms with Gasteiger partial charge in [0, 0.05) is 19.3 Å². The highest BCUT2D eigenvalue weighted by atomic mass is 31.2. The summed E-state index contributed by atoms with van der Waals surface area (Å²) in [4.78, 5) is 58.9. The molecule has 0 saturated carbocycles. The summed E-state index contributed by atoms with van der Waals surface area (Å²) >= 11 is 0. The molecule has 16 nitrogen and oxygen atoms in total. The molecular formula is C93H158O16P2. The maximum absolute atomic E-state index is 13.0. The highest BCUT2D eigenvalue weighted by molar-refractivity contribution is 7.47. The lowest BCUT2D eigenvalue weighted by atomic mass is 10.0. The van der Waals surface area contributed by atoms with Gasteiger partial charge in [-0.05, 0) is 141 Å². The van der Waals surface area contributed by atoms with Crippen LogP contribution in [0, 0.1) is 0 Å². The number of carbonyl (C=O) groups excluding carboxylic acids is 3. The van der Waals surface area contributed by atoms with Crippen molar-refractivity contribution < 1.29 is 75.8 Å². The number of carbonyl (C=O) groups is 3. The number of phosphoric ester groups is 2. The number of allylic oxidation sites excluding steroid dienone is 26. The standard InChI is InChI=1S/C93H158O16P2/c1-4-7-10-13-16-19-22-25-28-31-33-35-37-39-41-43-45-47-49-51-53-56-58-61-64-67-70-73-76-79-91(96)103-82-88(94)83-105-110(99,100)106-84-89(95)85-107-111(101,102)108-87-90(109-93(98)81-78-75-72-69-66-63-60-55-30-27-24-21-18-15-12-9-6-3)86-104-92(97)80-77-74-71-68-65-62-59-57-54-52-50-48-46-44-42-40-38-36-34-32-29-26-23-20-17-14-11-8-5-2/h7-12,16-21,25-30,33-36,39-42,88-90,94-95H,4-6,13-15,22-24,31-32,37-38,43-87H2,1-3H3,(H,99,100)(H,101,102)/b10-7-,11-8-,12-9-,19-16-,20-17-,21-18-,28-25-,29-26-,30-27-,35-33-,36-34-,41-39-,42-40-. The van der Waals surface area contributed by atoms with Crippen molar-refractivity contribution >= 4 is 33.6 Å². The van der Waals surface area contributed by atoms with E-state index in [4.69, 9.17) is 32.3 Å². The molecule has 0 fully saturated rings. The van der Waals surface area contributed by atoms with Crippen LogP contribution in [0.3, 0.4) is 0 Å². The number of hydrogen-bond acceptors (Lipinski definition) is 14. The fourth-order valence-corrected chi connectivity index (χ4v) is 13.3. The zero-order valence-corrected chi connectivity index (χ0v) is 71.6. The van der Waals surface area contributed by atoms with E-state index >= 15 is 0 Å². The van der Waals surface area contributed by atoms with E-state index in [0.717, 1.165) is 186 Å². The van der Waals surface area contributed by atoms with Crippen molar-refractivity contribution in [2.24, 2.45) is 0 Å². The quantitative estimate of drug-likeness (QED) is 0.0146. The van der Waals surface area contributed by atoms with Crippen molar-refractivity contribution in [1.29, 1.82) is 0 Å². The first kappa shape index (κ1) is 106. The van der Waals surface area contributed by atoms with Crippen LogP contribution in [0.2, 0.25) is 0 Å². The van der Waals surface area contributed by atoms with Gasteiger partial charge in [-0.1, -0.05) is 352 Å². The van der Waals surface area contributed by atoms with Gasteiger partial charge in [-0.25, -0.2) is 9.13 Å². The number of hydrogen-bond donors (Lipinski definition) is 4. The second-order valence-corrected chi connectivity index (χ2v) is 31.8. The van der Waals surface area contributed by atoms with Gasteiger partial charge in [-0.15, -0.1) is 0 Å². The predicted octanol–water partition coefficient (Wildman–Crippen LogP) is 26.5. The van der Waals surface area contributed by atoms with Crippen molar-refractivity contribution in [3.8, 4) is 0 Å². The third-order valence-electron chi connectivity index (χ3n) is 18.2. The Morgan fingerprint density at radius 3 is 0.712 bits per heavy atom. The van der Waals surface area contributed by atoms with Crippen LogP contribution in [0.1, 0.15) is 355 Å². The Morgan fingerprint density at radius 1 is 0.252 bits per heavy atom. The molecule has 4 N–H and O–H groups in total. The average Bonchev–Trinajstić information content (AvgIpc) is 0.901. The van der Waals surface area contributed by atoms with Gasteiger partial charge in [-0.2, -0.15) is 0 Å². The van der Waals surface area contributed by atoms with Crippen LogP contribution in [0.4, 0.5) is 0 Å². The van der Waals surface area contributed by atoms with Crippen molar-refractivity contribution in [3.63, 3.8) is 0 Å². The summed E-state index contributed by atoms with van der Waals surface area (Å²) in [7, 11) is -9.81. The fourth-order valence-electron chi connectivity index (χ4n) is 11.7. The summed E-state index contributed by atoms with van der Waals surface area (Å²) in [6.07, 6.45) is 107. The SMILES string of the molecule is CC/C=C\C/C=C\C/C=C\C/C=C\C/C=C\CCCCCCCCCCCCCCCC(=O)OCC(O)COP(=O)(O)OCC(O)COP(=O)(O)OCC(COC(=O)CCCCCCCCCCCCCCC/C=C\C/C=C\C/C=C\C/C=C\C/C=C\CC)OC(=O)CCCCCCCCC/C=C\C/C=C\C/C=C\CC. The summed E-state index contributed by atoms with van der Waals surface area (Å²) in [5.74, 6) is -1.58. The summed E-state index contributed by atoms with van der Waals surface area (Å²) in [6, 6.07) is 0. The molecule has 0 aliphatic heterocycles. The zero-order valence-electron chi connectivity index (χ0n) is 69.8. The second kappa shape index (κ2) is 84.6. The minimum atomic E-state index is -4.94. The highest BCUT2D eigenvalue weighted by Gasteiger charge is 2.29. The van der Waals surface area contributed by atoms with E-state index in [-0.39, 0.29) is 19.3 Å². The molecular weight excluding hydrogens is 1430 g/mol. The molecule has 0 saturated heterocycles. The van der Waals surface area contributed by atoms with Gasteiger partial charge in [0.1, 0.15) is 25.4 Å². The second-order valence-electron chi connectivity index (χ2n) is 28.9. The van der Waals surface area contributed by atoms with Gasteiger partial charge in [-0.3, -0.25) is 32.5 Å². The first-order valence-corrected chi connectivity index (χ1v) is 46.8. The molecule has 5 unspecified atom stereocenters. The zero-order chi connectivity index (χ0) is 80.8. The van der Waals surface area contributed by atoms with Crippen LogP contribution in [-0.4, -0.2) is 95.9 Å². The van der Waals surface area contributed by atoms with E-state index in [1.54, 1.807) is 0 Å². The molecule has 0 heterocycles. The molecule has 5 atom stereocenters. The van der Waals surface area contributed by atoms with Crippen LogP contribution in [0.25, 0.3) is 0 Å². The van der Waals surface area contributed by atoms with Crippen LogP contribution in [0.5, 0.6) is 0 Å². The van der Waals surface area contributed by atoms with E-state index in [1.807, 2.05) is 0 Å². The lowest BCUT2D eigenvalue weighted by molar-refractivity contribution is -0.161. The number of aliphatic hydroxyl groups is 2. The summed E-state index contributed by atoms with van der Waals surface area (Å²) in [6.45, 7) is 2.37. The number of ether oxygens (including phenoxy) is 3. The van der Waals surface area contributed by atoms with Gasteiger partial charge in [0.15, 0.2) is 6.10 Å². The first-order valence-electron chi connectivity index (χ1n) is 43.8. The van der Waals surface area contributed by atoms with Gasteiger partial charge in [0.25, 0.3) is 0 Å². The van der Waals surface area contributed by atoms with E-state index in [9.17, 15) is 43.5 Å². The minimum Gasteiger partial charge on any atom is -0.463 e. The van der Waals surface area contributed by atoms with E-state index < -0.39 is 91.5 Å². The maximum atomic E-state index is 13.0. The number of rotatable bonds is 82. The van der Waals surface area contributed by atoms with Crippen LogP contribution < -0.4 is 0 Å². The molecule has 0 aromatic heterocycles. The Hall–Kier alpha value is -4.83. The molecule has 0 aromatic carbocycles. The van der Waals surface area contributed by atoms with E-state index in [1.165, 1.54) is 109 Å². The predicted molar refractivity (Wildman–Crippen MR) is 463 cm³/mol. The minimum absolute atomic E-state index is 0.0904. The Balaban J connectivity index is 4.55. The number of phosphoric acid groups is 2. The first-order chi connectivity index (χ1) is 54.2. The van der Waals surface area contributed by atoms with Crippen molar-refractivity contribution in [3.05, 3.63) is 158 Å². The summed E-state index contributed by atoms with van der Waals surface area (Å²) < 4.78 is 61.4. The Bertz CT molecular complexity index is 2650. The van der Waals surface area contributed by atoms with Crippen molar-refractivity contribution in [1.82, 2.24) is 0 Å². The topological polar surface area (TPSA) is 231 Å². The van der Waals surface area contributed by atoms with E-state index in [0.29, 0.717) is 19.3 Å². The van der Waals surface area contributed by atoms with Gasteiger partial charge < -0.3 is 34.2 Å². The summed E-state index contributed by atoms with van der Waals surface area (Å²) in [5, 5.41) is 20.7. The monoisotopic (exact) mass is 1590 g/mol. The number of unbranched alkanes of at least 4 members (excludes halogenated alkanes) is 33. The average molecular weight is 1590 g/mol. The number of esters is 3. The molecule has 18 heteroatoms. The third-order valence-corrected chi connectivity index (χ3v) is 20.1. The van der Waals surface area contributed by atoms with Crippen molar-refractivity contribution in [2.45, 2.75) is 373 Å². The Kier molecular flexibility index (Phi) is 80.9. The molecule has 636 valence electrons. The van der Waals surface area contributed by atoms with Gasteiger partial charge >= 0.3 is 33.6 Å². The normalized spacial score (nSPS) is 14.6. The fraction of sp³-hybridized carbons (Fsp3) is 0.688. The lowest BCUT2D eigenvalue weighted by Crippen LogP contribution is -2.30. The van der Waals surface area contributed by atoms with Gasteiger partial charge in [0.2, 0.25) is 0 Å². The number of aliphatic hydroxyl groups excluding tert-OH is 2. The molecule has 0 radical (unpaired) electrons. The largest absolute Gasteiger partial charge is 0.472 e. The maximum Gasteiger partial charge on any atom is 0.472 e. The Morgan fingerprint density at radius 2 is 0.450 bits per heavy atom. The molecule has 0 bridgehead atoms. The molecule has 0 amide bonds. The van der Waals surface area contributed by atoms with Crippen LogP contribution in [0.15, 0.2) is 158 Å². The van der Waals surface area contributed by atoms with Gasteiger partial charge in [0.05, 0.1) is 26.4 Å². The third kappa shape index (κ3) is 85.9. The smallest absolute Gasteiger partial charge is 0.463 e. The molecule has 0 aliphatic rings. The molecule has 0 spiro atoms. The van der Waals surface area contributed by atoms with Crippen LogP contribution >= 0.6 is 15.6 Å². The molecule has 111 heavy (non-hydrogen) atoms. The van der Waals surface area contributed by atoms with Crippen molar-refractivity contribution in [2.75, 3.05) is 39.6 Å². The van der Waals surface area contributed by atoms with E-state index in [2.05, 4.69) is 179 Å².